The van der Waals surface area contributed by atoms with Crippen LogP contribution < -0.4 is 11.1 Å². The second-order valence-corrected chi connectivity index (χ2v) is 2.90. The van der Waals surface area contributed by atoms with Gasteiger partial charge in [0.2, 0.25) is 0 Å². The predicted octanol–water partition coefficient (Wildman–Crippen LogP) is 2.11. The van der Waals surface area contributed by atoms with E-state index in [9.17, 15) is 0 Å². The molecule has 1 atom stereocenters. The van der Waals surface area contributed by atoms with Gasteiger partial charge in [0, 0.05) is 17.5 Å². The fourth-order valence-electron chi connectivity index (χ4n) is 1.33. The lowest BCUT2D eigenvalue weighted by Gasteiger charge is -2.19. The van der Waals surface area contributed by atoms with Crippen LogP contribution in [0.2, 0.25) is 0 Å². The first-order valence-electron chi connectivity index (χ1n) is 4.92. The van der Waals surface area contributed by atoms with Crippen molar-refractivity contribution in [3.63, 3.8) is 0 Å². The highest BCUT2D eigenvalue weighted by atomic mass is 15.2. The zero-order chi connectivity index (χ0) is 10.6. The van der Waals surface area contributed by atoms with Gasteiger partial charge < -0.3 is 5.32 Å². The molecule has 0 aromatic heterocycles. The van der Waals surface area contributed by atoms with E-state index >= 15 is 0 Å². The van der Waals surface area contributed by atoms with Crippen LogP contribution in [0.3, 0.4) is 0 Å². The van der Waals surface area contributed by atoms with Gasteiger partial charge in [-0.1, -0.05) is 26.0 Å². The second-order valence-electron chi connectivity index (χ2n) is 2.90. The van der Waals surface area contributed by atoms with Gasteiger partial charge in [-0.15, -0.1) is 0 Å². The van der Waals surface area contributed by atoms with Crippen molar-refractivity contribution in [1.29, 1.82) is 0 Å². The van der Waals surface area contributed by atoms with Gasteiger partial charge in [-0.25, -0.2) is 0 Å². The summed E-state index contributed by atoms with van der Waals surface area (Å²) in [6.07, 6.45) is 1.53. The largest absolute Gasteiger partial charge is 0.351 e. The summed E-state index contributed by atoms with van der Waals surface area (Å²) in [5.74, 6) is 0. The van der Waals surface area contributed by atoms with E-state index in [1.54, 1.807) is 0 Å². The molecule has 1 heterocycles. The van der Waals surface area contributed by atoms with Crippen molar-refractivity contribution in [2.45, 2.75) is 27.1 Å². The summed E-state index contributed by atoms with van der Waals surface area (Å²) < 4.78 is 0. The standard InChI is InChI=1S/C9H11N3.C2H6/c1-6-3-2-4-8-7(6)5-11-9(10)12-8;1-2/h2-5,9,12H,10H2,1H3;1-2H3. The Bertz CT molecular complexity index is 331. The molecule has 1 aliphatic heterocycles. The number of anilines is 1. The molecule has 3 nitrogen and oxygen atoms in total. The number of nitrogens with one attached hydrogen (secondary N) is 1. The third-order valence-electron chi connectivity index (χ3n) is 1.99. The molecule has 0 amide bonds. The molecule has 2 rings (SSSR count). The average Bonchev–Trinajstić information content (AvgIpc) is 2.21. The number of hydrogen-bond donors (Lipinski definition) is 2. The maximum Gasteiger partial charge on any atom is 0.171 e. The minimum Gasteiger partial charge on any atom is -0.351 e. The molecule has 0 fully saturated rings. The number of rotatable bonds is 0. The minimum atomic E-state index is -0.292. The van der Waals surface area contributed by atoms with Gasteiger partial charge in [-0.3, -0.25) is 10.7 Å². The highest BCUT2D eigenvalue weighted by Gasteiger charge is 2.09. The van der Waals surface area contributed by atoms with E-state index < -0.39 is 0 Å². The maximum atomic E-state index is 5.59. The number of nitrogens with two attached hydrogens (primary N) is 1. The average molecular weight is 191 g/mol. The third kappa shape index (κ3) is 2.12. The molecule has 14 heavy (non-hydrogen) atoms. The molecule has 0 bridgehead atoms. The van der Waals surface area contributed by atoms with Gasteiger partial charge in [0.05, 0.1) is 0 Å². The molecule has 1 aliphatic rings. The first-order chi connectivity index (χ1) is 6.77. The third-order valence-corrected chi connectivity index (χ3v) is 1.99. The molecule has 0 saturated carbocycles. The van der Waals surface area contributed by atoms with Gasteiger partial charge in [0.1, 0.15) is 0 Å². The summed E-state index contributed by atoms with van der Waals surface area (Å²) in [7, 11) is 0. The van der Waals surface area contributed by atoms with Crippen LogP contribution in [0.1, 0.15) is 25.0 Å². The number of fused-ring (bicyclic) bond motifs is 1. The van der Waals surface area contributed by atoms with Gasteiger partial charge in [-0.05, 0) is 18.6 Å². The van der Waals surface area contributed by atoms with Crippen LogP contribution in [0, 0.1) is 6.92 Å². The first-order valence-corrected chi connectivity index (χ1v) is 4.92. The Labute approximate surface area is 85.0 Å². The monoisotopic (exact) mass is 191 g/mol. The van der Waals surface area contributed by atoms with Crippen molar-refractivity contribution in [3.05, 3.63) is 29.3 Å². The normalized spacial score (nSPS) is 17.6. The van der Waals surface area contributed by atoms with Crippen LogP contribution in [-0.4, -0.2) is 12.5 Å². The van der Waals surface area contributed by atoms with Gasteiger partial charge >= 0.3 is 0 Å². The van der Waals surface area contributed by atoms with E-state index in [1.807, 2.05) is 32.2 Å². The highest BCUT2D eigenvalue weighted by Crippen LogP contribution is 2.20. The summed E-state index contributed by atoms with van der Waals surface area (Å²) in [5, 5.41) is 3.08. The lowest BCUT2D eigenvalue weighted by molar-refractivity contribution is 0.805. The summed E-state index contributed by atoms with van der Waals surface area (Å²) >= 11 is 0. The Balaban J connectivity index is 0.000000461. The Hall–Kier alpha value is -1.35. The summed E-state index contributed by atoms with van der Waals surface area (Å²) in [5.41, 5.74) is 9.01. The second kappa shape index (κ2) is 4.77. The summed E-state index contributed by atoms with van der Waals surface area (Å²) in [4.78, 5) is 4.07. The molecule has 0 aliphatic carbocycles. The first kappa shape index (κ1) is 10.7. The molecular formula is C11H17N3. The van der Waals surface area contributed by atoms with Crippen molar-refractivity contribution in [1.82, 2.24) is 0 Å². The Kier molecular flexibility index (Phi) is 3.65. The Morgan fingerprint density at radius 1 is 1.36 bits per heavy atom. The van der Waals surface area contributed by atoms with Crippen molar-refractivity contribution < 1.29 is 0 Å². The topological polar surface area (TPSA) is 50.4 Å². The van der Waals surface area contributed by atoms with E-state index in [0.717, 1.165) is 11.3 Å². The fraction of sp³-hybridized carbons (Fsp3) is 0.364. The number of hydrogen-bond acceptors (Lipinski definition) is 3. The fourth-order valence-corrected chi connectivity index (χ4v) is 1.33. The van der Waals surface area contributed by atoms with Crippen molar-refractivity contribution in [3.8, 4) is 0 Å². The number of benzene rings is 1. The van der Waals surface area contributed by atoms with Crippen LogP contribution in [0.5, 0.6) is 0 Å². The smallest absolute Gasteiger partial charge is 0.171 e. The number of nitrogens with zero attached hydrogens (tertiary/aromatic N) is 1. The number of aliphatic imine (C=N–C) groups is 1. The quantitative estimate of drug-likeness (QED) is 0.660. The lowest BCUT2D eigenvalue weighted by atomic mass is 10.1. The molecule has 76 valence electrons. The van der Waals surface area contributed by atoms with Gasteiger partial charge in [0.15, 0.2) is 6.29 Å². The SMILES string of the molecule is CC.Cc1cccc2c1C=NC(N)N2. The maximum absolute atomic E-state index is 5.59. The van der Waals surface area contributed by atoms with E-state index in [1.165, 1.54) is 5.56 Å². The molecule has 3 heteroatoms. The zero-order valence-corrected chi connectivity index (χ0v) is 8.91. The van der Waals surface area contributed by atoms with E-state index in [-0.39, 0.29) is 6.29 Å². The molecule has 3 N–H and O–H groups in total. The highest BCUT2D eigenvalue weighted by molar-refractivity contribution is 5.91. The lowest BCUT2D eigenvalue weighted by Crippen LogP contribution is -2.30. The van der Waals surface area contributed by atoms with E-state index in [0.29, 0.717) is 0 Å². The van der Waals surface area contributed by atoms with Crippen molar-refractivity contribution in [2.75, 3.05) is 5.32 Å². The summed E-state index contributed by atoms with van der Waals surface area (Å²) in [6, 6.07) is 6.07. The van der Waals surface area contributed by atoms with E-state index in [4.69, 9.17) is 5.73 Å². The van der Waals surface area contributed by atoms with Crippen LogP contribution >= 0.6 is 0 Å². The molecule has 0 radical (unpaired) electrons. The molecule has 1 unspecified atom stereocenters. The van der Waals surface area contributed by atoms with Gasteiger partial charge in [-0.2, -0.15) is 0 Å². The van der Waals surface area contributed by atoms with E-state index in [2.05, 4.69) is 23.3 Å². The van der Waals surface area contributed by atoms with Crippen LogP contribution in [-0.2, 0) is 0 Å². The minimum absolute atomic E-state index is 0.292. The zero-order valence-electron chi connectivity index (χ0n) is 8.91. The molecule has 0 spiro atoms. The van der Waals surface area contributed by atoms with Gasteiger partial charge in [0.25, 0.3) is 0 Å². The Morgan fingerprint density at radius 2 is 2.07 bits per heavy atom. The summed E-state index contributed by atoms with van der Waals surface area (Å²) in [6.45, 7) is 6.06. The van der Waals surface area contributed by atoms with Crippen LogP contribution in [0.15, 0.2) is 23.2 Å². The van der Waals surface area contributed by atoms with Crippen molar-refractivity contribution >= 4 is 11.9 Å². The van der Waals surface area contributed by atoms with Crippen LogP contribution in [0.25, 0.3) is 0 Å². The van der Waals surface area contributed by atoms with Crippen molar-refractivity contribution in [2.24, 2.45) is 10.7 Å². The Morgan fingerprint density at radius 3 is 2.79 bits per heavy atom. The molecule has 1 aromatic rings. The predicted molar refractivity (Wildman–Crippen MR) is 61.7 cm³/mol. The molecule has 1 aromatic carbocycles. The van der Waals surface area contributed by atoms with Crippen LogP contribution in [0.4, 0.5) is 5.69 Å². The molecular weight excluding hydrogens is 174 g/mol. The number of aryl methyl sites for hydroxylation is 1. The molecule has 0 saturated heterocycles.